The molecular formula is C49H32N4. The van der Waals surface area contributed by atoms with Gasteiger partial charge in [0.2, 0.25) is 0 Å². The first kappa shape index (κ1) is 30.6. The lowest BCUT2D eigenvalue weighted by Gasteiger charge is -2.15. The number of para-hydroxylation sites is 2. The van der Waals surface area contributed by atoms with Crippen LogP contribution in [0.15, 0.2) is 194 Å². The van der Waals surface area contributed by atoms with E-state index in [4.69, 9.17) is 15.0 Å². The molecule has 0 aliphatic carbocycles. The molecule has 0 spiro atoms. The summed E-state index contributed by atoms with van der Waals surface area (Å²) >= 11 is 0. The van der Waals surface area contributed by atoms with Gasteiger partial charge in [-0.3, -0.25) is 0 Å². The van der Waals surface area contributed by atoms with Crippen molar-refractivity contribution in [3.63, 3.8) is 0 Å². The second-order valence-corrected chi connectivity index (χ2v) is 13.2. The molecule has 0 fully saturated rings. The van der Waals surface area contributed by atoms with Gasteiger partial charge in [-0.2, -0.15) is 0 Å². The third kappa shape index (κ3) is 5.45. The van der Waals surface area contributed by atoms with Gasteiger partial charge in [0.25, 0.3) is 0 Å². The molecule has 0 aliphatic heterocycles. The van der Waals surface area contributed by atoms with Gasteiger partial charge >= 0.3 is 0 Å². The van der Waals surface area contributed by atoms with Crippen LogP contribution in [0, 0.1) is 0 Å². The Morgan fingerprint density at radius 2 is 0.849 bits per heavy atom. The Hall–Kier alpha value is -7.17. The van der Waals surface area contributed by atoms with Gasteiger partial charge in [0.1, 0.15) is 0 Å². The third-order valence-corrected chi connectivity index (χ3v) is 10.1. The maximum atomic E-state index is 5.16. The third-order valence-electron chi connectivity index (χ3n) is 10.1. The largest absolute Gasteiger partial charge is 0.309 e. The molecule has 0 N–H and O–H groups in total. The van der Waals surface area contributed by atoms with Gasteiger partial charge in [0.05, 0.1) is 11.0 Å². The van der Waals surface area contributed by atoms with Gasteiger partial charge in [0, 0.05) is 33.2 Å². The maximum absolute atomic E-state index is 5.16. The number of fused-ring (bicyclic) bond motifs is 4. The fraction of sp³-hybridized carbons (Fsp3) is 0. The first-order valence-corrected chi connectivity index (χ1v) is 17.9. The summed E-state index contributed by atoms with van der Waals surface area (Å²) in [4.78, 5) is 15.3. The van der Waals surface area contributed by atoms with Crippen molar-refractivity contribution in [1.82, 2.24) is 19.5 Å². The fourth-order valence-corrected chi connectivity index (χ4v) is 7.52. The monoisotopic (exact) mass is 676 g/mol. The second-order valence-electron chi connectivity index (χ2n) is 13.2. The van der Waals surface area contributed by atoms with Crippen molar-refractivity contribution >= 4 is 32.6 Å². The van der Waals surface area contributed by atoms with Crippen molar-refractivity contribution in [1.29, 1.82) is 0 Å². The van der Waals surface area contributed by atoms with Gasteiger partial charge in [-0.05, 0) is 57.3 Å². The number of aromatic nitrogens is 4. The summed E-state index contributed by atoms with van der Waals surface area (Å²) in [5.74, 6) is 1.94. The van der Waals surface area contributed by atoms with Crippen LogP contribution in [-0.4, -0.2) is 19.5 Å². The van der Waals surface area contributed by atoms with E-state index >= 15 is 0 Å². The molecule has 2 heterocycles. The van der Waals surface area contributed by atoms with Gasteiger partial charge in [-0.1, -0.05) is 170 Å². The van der Waals surface area contributed by atoms with E-state index in [-0.39, 0.29) is 0 Å². The lowest BCUT2D eigenvalue weighted by Crippen LogP contribution is -2.01. The minimum Gasteiger partial charge on any atom is -0.309 e. The Balaban J connectivity index is 1.12. The summed E-state index contributed by atoms with van der Waals surface area (Å²) in [5.41, 5.74) is 10.9. The molecule has 0 unspecified atom stereocenters. The Bertz CT molecular complexity index is 2860. The Morgan fingerprint density at radius 1 is 0.321 bits per heavy atom. The van der Waals surface area contributed by atoms with Crippen LogP contribution in [0.4, 0.5) is 0 Å². The molecule has 2 aromatic heterocycles. The Labute approximate surface area is 307 Å². The van der Waals surface area contributed by atoms with Gasteiger partial charge in [-0.15, -0.1) is 0 Å². The van der Waals surface area contributed by atoms with Crippen LogP contribution in [0.1, 0.15) is 0 Å². The second kappa shape index (κ2) is 12.9. The van der Waals surface area contributed by atoms with Crippen LogP contribution in [0.25, 0.3) is 94.7 Å². The number of rotatable bonds is 6. The summed E-state index contributed by atoms with van der Waals surface area (Å²) in [6, 6.07) is 68.1. The molecule has 8 aromatic carbocycles. The van der Waals surface area contributed by atoms with Crippen molar-refractivity contribution in [3.8, 4) is 62.1 Å². The van der Waals surface area contributed by atoms with Crippen LogP contribution in [0.2, 0.25) is 0 Å². The molecule has 0 bridgehead atoms. The highest BCUT2D eigenvalue weighted by atomic mass is 15.0. The molecule has 0 amide bonds. The highest BCUT2D eigenvalue weighted by Gasteiger charge is 2.19. The van der Waals surface area contributed by atoms with Crippen LogP contribution in [-0.2, 0) is 0 Å². The van der Waals surface area contributed by atoms with E-state index < -0.39 is 0 Å². The first-order chi connectivity index (χ1) is 26.3. The topological polar surface area (TPSA) is 43.6 Å². The number of hydrogen-bond donors (Lipinski definition) is 0. The summed E-state index contributed by atoms with van der Waals surface area (Å²) in [5, 5.41) is 4.72. The van der Waals surface area contributed by atoms with E-state index in [1.807, 2.05) is 60.7 Å². The maximum Gasteiger partial charge on any atom is 0.165 e. The number of hydrogen-bond acceptors (Lipinski definition) is 3. The number of nitrogens with zero attached hydrogens (tertiary/aromatic N) is 4. The van der Waals surface area contributed by atoms with Gasteiger partial charge < -0.3 is 4.57 Å². The summed E-state index contributed by atoms with van der Waals surface area (Å²) < 4.78 is 2.37. The minimum absolute atomic E-state index is 0.645. The highest BCUT2D eigenvalue weighted by Crippen LogP contribution is 2.40. The van der Waals surface area contributed by atoms with Crippen molar-refractivity contribution in [2.75, 3.05) is 0 Å². The van der Waals surface area contributed by atoms with Gasteiger partial charge in [-0.25, -0.2) is 15.0 Å². The van der Waals surface area contributed by atoms with Crippen molar-refractivity contribution in [2.24, 2.45) is 0 Å². The number of benzene rings is 8. The molecule has 10 aromatic rings. The molecule has 0 atom stereocenters. The van der Waals surface area contributed by atoms with E-state index in [0.29, 0.717) is 17.5 Å². The van der Waals surface area contributed by atoms with Crippen molar-refractivity contribution in [2.45, 2.75) is 0 Å². The van der Waals surface area contributed by atoms with Crippen molar-refractivity contribution in [3.05, 3.63) is 194 Å². The quantitative estimate of drug-likeness (QED) is 0.176. The molecule has 0 aliphatic rings. The van der Waals surface area contributed by atoms with Gasteiger partial charge in [0.15, 0.2) is 17.5 Å². The van der Waals surface area contributed by atoms with Crippen LogP contribution >= 0.6 is 0 Å². The molecule has 0 saturated carbocycles. The SMILES string of the molecule is c1ccc(-c2nc(-c3ccccc3)nc(-c3c(-c4ccc(-c5ccc6c7ccccc7n(-c7ccccc7)c6c5)cc4)ccc4ccccc34)n2)cc1. The van der Waals surface area contributed by atoms with Crippen LogP contribution in [0.5, 0.6) is 0 Å². The molecular weight excluding hydrogens is 645 g/mol. The van der Waals surface area contributed by atoms with E-state index in [1.165, 1.54) is 27.4 Å². The van der Waals surface area contributed by atoms with Crippen molar-refractivity contribution < 1.29 is 0 Å². The summed E-state index contributed by atoms with van der Waals surface area (Å²) in [6.45, 7) is 0. The Kier molecular flexibility index (Phi) is 7.43. The first-order valence-electron chi connectivity index (χ1n) is 17.9. The van der Waals surface area contributed by atoms with Crippen LogP contribution < -0.4 is 0 Å². The molecule has 4 nitrogen and oxygen atoms in total. The minimum atomic E-state index is 0.645. The molecule has 53 heavy (non-hydrogen) atoms. The lowest BCUT2D eigenvalue weighted by atomic mass is 9.92. The predicted octanol–water partition coefficient (Wildman–Crippen LogP) is 12.5. The smallest absolute Gasteiger partial charge is 0.165 e. The van der Waals surface area contributed by atoms with E-state index in [2.05, 4.69) is 138 Å². The predicted molar refractivity (Wildman–Crippen MR) is 219 cm³/mol. The average molecular weight is 677 g/mol. The average Bonchev–Trinajstić information content (AvgIpc) is 3.58. The van der Waals surface area contributed by atoms with E-state index in [9.17, 15) is 0 Å². The fourth-order valence-electron chi connectivity index (χ4n) is 7.52. The zero-order valence-corrected chi connectivity index (χ0v) is 28.8. The summed E-state index contributed by atoms with van der Waals surface area (Å²) in [7, 11) is 0. The molecule has 0 radical (unpaired) electrons. The van der Waals surface area contributed by atoms with Crippen LogP contribution in [0.3, 0.4) is 0 Å². The zero-order valence-electron chi connectivity index (χ0n) is 28.8. The molecule has 10 rings (SSSR count). The standard InChI is InChI=1S/C49H32N4/c1-4-15-36(16-5-1)47-50-48(37-17-6-2-7-18-37)52-49(51-47)46-40-21-11-10-14-34(40)28-30-41(46)35-26-24-33(25-27-35)38-29-31-43-42-22-12-13-23-44(42)53(45(43)32-38)39-19-8-3-9-20-39/h1-32H. The van der Waals surface area contributed by atoms with E-state index in [1.54, 1.807) is 0 Å². The zero-order chi connectivity index (χ0) is 35.1. The summed E-state index contributed by atoms with van der Waals surface area (Å²) in [6.07, 6.45) is 0. The van der Waals surface area contributed by atoms with E-state index in [0.717, 1.165) is 49.8 Å². The lowest BCUT2D eigenvalue weighted by molar-refractivity contribution is 1.08. The Morgan fingerprint density at radius 3 is 1.55 bits per heavy atom. The highest BCUT2D eigenvalue weighted by molar-refractivity contribution is 6.10. The molecule has 0 saturated heterocycles. The molecule has 248 valence electrons. The molecule has 4 heteroatoms. The normalized spacial score (nSPS) is 11.4.